The normalized spacial score (nSPS) is 15.2. The number of amides is 1. The van der Waals surface area contributed by atoms with Gasteiger partial charge in [-0.2, -0.15) is 4.31 Å². The third-order valence-corrected chi connectivity index (χ3v) is 8.49. The molecule has 1 heterocycles. The number of unbranched alkanes of at least 4 members (excludes halogenated alkanes) is 2. The molecule has 0 N–H and O–H groups in total. The summed E-state index contributed by atoms with van der Waals surface area (Å²) in [5, 5.41) is 0. The van der Waals surface area contributed by atoms with Crippen molar-refractivity contribution in [2.75, 3.05) is 52.9 Å². The van der Waals surface area contributed by atoms with E-state index in [4.69, 9.17) is 4.74 Å². The Morgan fingerprint density at radius 1 is 1.05 bits per heavy atom. The Balaban J connectivity index is 1.56. The topological polar surface area (TPSA) is 70.2 Å². The zero-order chi connectivity index (χ0) is 26.7. The van der Waals surface area contributed by atoms with Crippen molar-refractivity contribution in [3.8, 4) is 5.75 Å². The predicted molar refractivity (Wildman–Crippen MR) is 144 cm³/mol. The van der Waals surface area contributed by atoms with Gasteiger partial charge in [-0.25, -0.2) is 12.8 Å². The fourth-order valence-electron chi connectivity index (χ4n) is 4.32. The van der Waals surface area contributed by atoms with Crippen LogP contribution in [0.3, 0.4) is 0 Å². The molecule has 7 nitrogen and oxygen atoms in total. The smallest absolute Gasteiger partial charge is 0.243 e. The zero-order valence-electron chi connectivity index (χ0n) is 21.8. The first kappa shape index (κ1) is 28.8. The molecule has 0 saturated carbocycles. The number of hydrogen-bond donors (Lipinski definition) is 0. The molecule has 1 aliphatic rings. The lowest BCUT2D eigenvalue weighted by Gasteiger charge is -2.35. The summed E-state index contributed by atoms with van der Waals surface area (Å²) in [6.45, 7) is 5.74. The number of ether oxygens (including phenoxy) is 1. The van der Waals surface area contributed by atoms with E-state index in [2.05, 4.69) is 11.8 Å². The SMILES string of the molecule is CCCCCC(=O)N(C/C=C/c1ccccc1OC)CCN1CCN(S(=O)(=O)c2ccc(F)cc2)CC1. The molecule has 1 aliphatic heterocycles. The second-order valence-corrected chi connectivity index (χ2v) is 11.1. The molecule has 0 radical (unpaired) electrons. The molecule has 1 amide bonds. The number of sulfonamides is 1. The van der Waals surface area contributed by atoms with E-state index in [-0.39, 0.29) is 10.8 Å². The van der Waals surface area contributed by atoms with Crippen molar-refractivity contribution >= 4 is 22.0 Å². The van der Waals surface area contributed by atoms with Crippen molar-refractivity contribution in [3.63, 3.8) is 0 Å². The van der Waals surface area contributed by atoms with E-state index in [9.17, 15) is 17.6 Å². The van der Waals surface area contributed by atoms with Gasteiger partial charge in [0.25, 0.3) is 0 Å². The molecular formula is C28H38FN3O4S. The maximum absolute atomic E-state index is 13.2. The molecule has 9 heteroatoms. The maximum atomic E-state index is 13.2. The first-order valence-electron chi connectivity index (χ1n) is 12.9. The fourth-order valence-corrected chi connectivity index (χ4v) is 5.75. The number of carbonyl (C=O) groups excluding carboxylic acids is 1. The Morgan fingerprint density at radius 3 is 2.43 bits per heavy atom. The van der Waals surface area contributed by atoms with Crippen LogP contribution in [0.2, 0.25) is 0 Å². The number of nitrogens with zero attached hydrogens (tertiary/aromatic N) is 3. The summed E-state index contributed by atoms with van der Waals surface area (Å²) in [6.07, 6.45) is 7.46. The number of benzene rings is 2. The highest BCUT2D eigenvalue weighted by Crippen LogP contribution is 2.20. The number of methoxy groups -OCH3 is 1. The molecule has 2 aromatic rings. The van der Waals surface area contributed by atoms with Crippen LogP contribution in [0.15, 0.2) is 59.5 Å². The van der Waals surface area contributed by atoms with Crippen LogP contribution < -0.4 is 4.74 Å². The minimum atomic E-state index is -3.65. The van der Waals surface area contributed by atoms with E-state index < -0.39 is 15.8 Å². The van der Waals surface area contributed by atoms with Gasteiger partial charge in [0.2, 0.25) is 15.9 Å². The summed E-state index contributed by atoms with van der Waals surface area (Å²) in [6, 6.07) is 12.7. The van der Waals surface area contributed by atoms with Gasteiger partial charge < -0.3 is 9.64 Å². The van der Waals surface area contributed by atoms with Crippen molar-refractivity contribution in [2.45, 2.75) is 37.5 Å². The molecule has 0 aliphatic carbocycles. The van der Waals surface area contributed by atoms with E-state index in [1.165, 1.54) is 16.4 Å². The van der Waals surface area contributed by atoms with Crippen molar-refractivity contribution in [2.24, 2.45) is 0 Å². The molecule has 2 aromatic carbocycles. The molecule has 0 unspecified atom stereocenters. The second-order valence-electron chi connectivity index (χ2n) is 9.14. The lowest BCUT2D eigenvalue weighted by Crippen LogP contribution is -2.50. The van der Waals surface area contributed by atoms with E-state index >= 15 is 0 Å². The van der Waals surface area contributed by atoms with Crippen LogP contribution in [0.25, 0.3) is 6.08 Å². The quantitative estimate of drug-likeness (QED) is 0.361. The van der Waals surface area contributed by atoms with Gasteiger partial charge in [-0.05, 0) is 36.8 Å². The Morgan fingerprint density at radius 2 is 1.76 bits per heavy atom. The molecule has 0 spiro atoms. The summed E-state index contributed by atoms with van der Waals surface area (Å²) < 4.78 is 45.8. The average Bonchev–Trinajstić information content (AvgIpc) is 2.91. The average molecular weight is 532 g/mol. The number of hydrogen-bond acceptors (Lipinski definition) is 5. The van der Waals surface area contributed by atoms with Gasteiger partial charge in [-0.3, -0.25) is 9.69 Å². The highest BCUT2D eigenvalue weighted by atomic mass is 32.2. The number of para-hydroxylation sites is 1. The summed E-state index contributed by atoms with van der Waals surface area (Å²) in [7, 11) is -2.01. The Bertz CT molecular complexity index is 1130. The molecule has 37 heavy (non-hydrogen) atoms. The van der Waals surface area contributed by atoms with Crippen LogP contribution in [0.1, 0.15) is 38.2 Å². The van der Waals surface area contributed by atoms with Gasteiger partial charge in [-0.1, -0.05) is 50.1 Å². The number of carbonyl (C=O) groups is 1. The van der Waals surface area contributed by atoms with E-state index in [1.807, 2.05) is 41.3 Å². The van der Waals surface area contributed by atoms with Gasteiger partial charge in [0.1, 0.15) is 11.6 Å². The molecule has 202 valence electrons. The van der Waals surface area contributed by atoms with Crippen molar-refractivity contribution < 1.29 is 22.3 Å². The van der Waals surface area contributed by atoms with Crippen molar-refractivity contribution in [3.05, 3.63) is 66.0 Å². The van der Waals surface area contributed by atoms with Crippen LogP contribution in [-0.4, -0.2) is 81.4 Å². The standard InChI is InChI=1S/C28H38FN3O4S/c1-3-4-5-12-28(33)31(17-8-10-24-9-6-7-11-27(24)36-2)21-18-30-19-22-32(23-20-30)37(34,35)26-15-13-25(29)14-16-26/h6-11,13-16H,3-5,12,17-23H2,1-2H3/b10-8+. The Labute approximate surface area is 220 Å². The second kappa shape index (κ2) is 14.3. The highest BCUT2D eigenvalue weighted by molar-refractivity contribution is 7.89. The largest absolute Gasteiger partial charge is 0.496 e. The lowest BCUT2D eigenvalue weighted by molar-refractivity contribution is -0.131. The molecule has 3 rings (SSSR count). The summed E-state index contributed by atoms with van der Waals surface area (Å²) >= 11 is 0. The predicted octanol–water partition coefficient (Wildman–Crippen LogP) is 4.26. The first-order chi connectivity index (χ1) is 17.8. The maximum Gasteiger partial charge on any atom is 0.243 e. The molecule has 0 aromatic heterocycles. The monoisotopic (exact) mass is 531 g/mol. The molecule has 0 bridgehead atoms. The van der Waals surface area contributed by atoms with Crippen molar-refractivity contribution in [1.82, 2.24) is 14.1 Å². The molecule has 1 saturated heterocycles. The van der Waals surface area contributed by atoms with Crippen molar-refractivity contribution in [1.29, 1.82) is 0 Å². The Hall–Kier alpha value is -2.75. The van der Waals surface area contributed by atoms with Gasteiger partial charge in [-0.15, -0.1) is 0 Å². The van der Waals surface area contributed by atoms with Crippen LogP contribution >= 0.6 is 0 Å². The van der Waals surface area contributed by atoms with Gasteiger partial charge in [0.05, 0.1) is 12.0 Å². The number of rotatable bonds is 13. The fraction of sp³-hybridized carbons (Fsp3) is 0.464. The molecule has 0 atom stereocenters. The summed E-state index contributed by atoms with van der Waals surface area (Å²) in [4.78, 5) is 17.1. The molecule has 1 fully saturated rings. The number of piperazine rings is 1. The van der Waals surface area contributed by atoms with Crippen LogP contribution in [0, 0.1) is 5.82 Å². The third-order valence-electron chi connectivity index (χ3n) is 6.58. The first-order valence-corrected chi connectivity index (χ1v) is 14.3. The zero-order valence-corrected chi connectivity index (χ0v) is 22.6. The van der Waals surface area contributed by atoms with E-state index in [0.717, 1.165) is 42.7 Å². The van der Waals surface area contributed by atoms with E-state index in [0.29, 0.717) is 52.2 Å². The minimum absolute atomic E-state index is 0.105. The minimum Gasteiger partial charge on any atom is -0.496 e. The van der Waals surface area contributed by atoms with E-state index in [1.54, 1.807) is 7.11 Å². The molecular weight excluding hydrogens is 493 g/mol. The number of halogens is 1. The highest BCUT2D eigenvalue weighted by Gasteiger charge is 2.28. The van der Waals surface area contributed by atoms with Crippen LogP contribution in [-0.2, 0) is 14.8 Å². The Kier molecular flexibility index (Phi) is 11.1. The van der Waals surface area contributed by atoms with Crippen LogP contribution in [0.4, 0.5) is 4.39 Å². The van der Waals surface area contributed by atoms with Gasteiger partial charge >= 0.3 is 0 Å². The van der Waals surface area contributed by atoms with Crippen LogP contribution in [0.5, 0.6) is 5.75 Å². The summed E-state index contributed by atoms with van der Waals surface area (Å²) in [5.74, 6) is 0.457. The lowest BCUT2D eigenvalue weighted by atomic mass is 10.1. The van der Waals surface area contributed by atoms with Gasteiger partial charge in [0.15, 0.2) is 0 Å². The third kappa shape index (κ3) is 8.38. The van der Waals surface area contributed by atoms with Gasteiger partial charge in [0, 0.05) is 57.8 Å². The summed E-state index contributed by atoms with van der Waals surface area (Å²) in [5.41, 5.74) is 0.960.